The van der Waals surface area contributed by atoms with E-state index in [2.05, 4.69) is 20.2 Å². The molecule has 3 aliphatic heterocycles. The second-order valence-corrected chi connectivity index (χ2v) is 8.10. The molecule has 0 spiro atoms. The summed E-state index contributed by atoms with van der Waals surface area (Å²) >= 11 is 7.42. The molecule has 0 amide bonds. The van der Waals surface area contributed by atoms with Crippen molar-refractivity contribution in [3.05, 3.63) is 23.1 Å². The van der Waals surface area contributed by atoms with Crippen LogP contribution < -0.4 is 20.7 Å². The van der Waals surface area contributed by atoms with Crippen LogP contribution in [0, 0.1) is 5.92 Å². The number of nitrogens with one attached hydrogen (secondary N) is 1. The molecule has 3 aliphatic rings. The third-order valence-corrected chi connectivity index (χ3v) is 5.93. The number of aliphatic imine (C=N–C) groups is 1. The van der Waals surface area contributed by atoms with E-state index < -0.39 is 0 Å². The number of hydrogen-bond acceptors (Lipinski definition) is 9. The van der Waals surface area contributed by atoms with Gasteiger partial charge in [-0.25, -0.2) is 9.98 Å². The zero-order chi connectivity index (χ0) is 18.8. The van der Waals surface area contributed by atoms with E-state index in [4.69, 9.17) is 31.5 Å². The summed E-state index contributed by atoms with van der Waals surface area (Å²) in [5.74, 6) is 2.54. The van der Waals surface area contributed by atoms with Gasteiger partial charge >= 0.3 is 0 Å². The molecule has 3 atom stereocenters. The Kier molecular flexibility index (Phi) is 5.63. The van der Waals surface area contributed by atoms with Gasteiger partial charge in [-0.15, -0.1) is 0 Å². The minimum atomic E-state index is -0.389. The molecule has 1 aromatic heterocycles. The molecule has 8 nitrogen and oxygen atoms in total. The van der Waals surface area contributed by atoms with Crippen molar-refractivity contribution in [3.8, 4) is 5.75 Å². The lowest BCUT2D eigenvalue weighted by atomic mass is 10.1. The smallest absolute Gasteiger partial charge is 0.175 e. The van der Waals surface area contributed by atoms with Crippen LogP contribution in [0.1, 0.15) is 6.42 Å². The van der Waals surface area contributed by atoms with Crippen LogP contribution in [0.5, 0.6) is 5.75 Å². The van der Waals surface area contributed by atoms with Crippen molar-refractivity contribution in [2.75, 3.05) is 38.6 Å². The molecule has 1 fully saturated rings. The number of pyridine rings is 1. The van der Waals surface area contributed by atoms with Crippen LogP contribution in [0.2, 0.25) is 0 Å². The van der Waals surface area contributed by atoms with Gasteiger partial charge in [-0.3, -0.25) is 0 Å². The van der Waals surface area contributed by atoms with E-state index in [1.165, 1.54) is 11.8 Å². The molecule has 3 N–H and O–H groups in total. The van der Waals surface area contributed by atoms with Gasteiger partial charge in [-0.05, 0) is 12.5 Å². The number of rotatable bonds is 6. The lowest BCUT2D eigenvalue weighted by Crippen LogP contribution is -2.39. The van der Waals surface area contributed by atoms with E-state index in [0.717, 1.165) is 29.4 Å². The van der Waals surface area contributed by atoms with Crippen LogP contribution in [0.15, 0.2) is 33.0 Å². The van der Waals surface area contributed by atoms with Crippen molar-refractivity contribution in [2.24, 2.45) is 16.6 Å². The number of nitrogens with two attached hydrogens (primary N) is 1. The molecular weight excluding hydrogens is 390 g/mol. The predicted octanol–water partition coefficient (Wildman–Crippen LogP) is 1.71. The quantitative estimate of drug-likeness (QED) is 0.316. The van der Waals surface area contributed by atoms with E-state index in [1.54, 1.807) is 19.5 Å². The van der Waals surface area contributed by atoms with Gasteiger partial charge in [0.2, 0.25) is 0 Å². The number of methoxy groups -OCH3 is 1. The van der Waals surface area contributed by atoms with Crippen LogP contribution in [-0.4, -0.2) is 56.4 Å². The fraction of sp³-hybridized carbons (Fsp3) is 0.529. The molecular formula is C17H22ClN5O3S. The van der Waals surface area contributed by atoms with Gasteiger partial charge in [0.05, 0.1) is 17.5 Å². The average molecular weight is 412 g/mol. The standard InChI is InChI=1S/C17H22ClN5O3S/c1-24-9-25-7-10-4-11-8-26-14-12(2-3-20-16(14)23(11)6-10)27-17-15(19)22-13(18)5-21-17/h2-3,5,10-11,13,22H,4,6-9,19H2,1H3/t10-,11-,13?/m0/s1. The van der Waals surface area contributed by atoms with E-state index in [-0.39, 0.29) is 5.50 Å². The van der Waals surface area contributed by atoms with Gasteiger partial charge in [0.25, 0.3) is 0 Å². The summed E-state index contributed by atoms with van der Waals surface area (Å²) in [6.07, 6.45) is 4.43. The van der Waals surface area contributed by atoms with Gasteiger partial charge in [-0.1, -0.05) is 23.4 Å². The van der Waals surface area contributed by atoms with Crippen LogP contribution >= 0.6 is 23.4 Å². The Morgan fingerprint density at radius 3 is 3.22 bits per heavy atom. The molecule has 0 radical (unpaired) electrons. The van der Waals surface area contributed by atoms with E-state index in [1.807, 2.05) is 6.07 Å². The maximum Gasteiger partial charge on any atom is 0.175 e. The first kappa shape index (κ1) is 18.7. The van der Waals surface area contributed by atoms with Crippen LogP contribution in [0.25, 0.3) is 0 Å². The summed E-state index contributed by atoms with van der Waals surface area (Å²) in [6.45, 7) is 2.52. The van der Waals surface area contributed by atoms with Gasteiger partial charge < -0.3 is 30.2 Å². The highest BCUT2D eigenvalue weighted by Gasteiger charge is 2.39. The molecule has 0 bridgehead atoms. The number of fused-ring (bicyclic) bond motifs is 3. The molecule has 4 rings (SSSR count). The number of nitrogens with zero attached hydrogens (tertiary/aromatic N) is 3. The Balaban J connectivity index is 1.51. The number of alkyl halides is 1. The molecule has 27 heavy (non-hydrogen) atoms. The summed E-state index contributed by atoms with van der Waals surface area (Å²) < 4.78 is 16.6. The number of ether oxygens (including phenoxy) is 3. The molecule has 10 heteroatoms. The van der Waals surface area contributed by atoms with Crippen molar-refractivity contribution in [3.63, 3.8) is 0 Å². The van der Waals surface area contributed by atoms with Gasteiger partial charge in [0.15, 0.2) is 11.6 Å². The van der Waals surface area contributed by atoms with Gasteiger partial charge in [0.1, 0.15) is 29.8 Å². The van der Waals surface area contributed by atoms with Gasteiger partial charge in [0, 0.05) is 32.0 Å². The molecule has 0 aromatic carbocycles. The highest BCUT2D eigenvalue weighted by Crippen LogP contribution is 2.45. The summed E-state index contributed by atoms with van der Waals surface area (Å²) in [7, 11) is 1.63. The maximum atomic E-state index is 6.09. The molecule has 0 aliphatic carbocycles. The molecule has 1 saturated heterocycles. The topological polar surface area (TPSA) is 94.2 Å². The fourth-order valence-corrected chi connectivity index (χ4v) is 4.54. The van der Waals surface area contributed by atoms with Crippen molar-refractivity contribution in [1.82, 2.24) is 10.3 Å². The third kappa shape index (κ3) is 3.96. The Morgan fingerprint density at radius 2 is 2.41 bits per heavy atom. The molecule has 1 aromatic rings. The van der Waals surface area contributed by atoms with E-state index >= 15 is 0 Å². The molecule has 0 saturated carbocycles. The third-order valence-electron chi connectivity index (χ3n) is 4.65. The van der Waals surface area contributed by atoms with Crippen molar-refractivity contribution < 1.29 is 14.2 Å². The van der Waals surface area contributed by atoms with Crippen LogP contribution in [-0.2, 0) is 9.47 Å². The van der Waals surface area contributed by atoms with E-state index in [0.29, 0.717) is 42.8 Å². The Morgan fingerprint density at radius 1 is 1.52 bits per heavy atom. The number of thioether (sulfide) groups is 1. The van der Waals surface area contributed by atoms with E-state index in [9.17, 15) is 0 Å². The molecule has 1 unspecified atom stereocenters. The van der Waals surface area contributed by atoms with Crippen molar-refractivity contribution >= 4 is 35.4 Å². The number of halogens is 1. The second-order valence-electron chi connectivity index (χ2n) is 6.60. The van der Waals surface area contributed by atoms with Crippen LogP contribution in [0.4, 0.5) is 5.82 Å². The summed E-state index contributed by atoms with van der Waals surface area (Å²) in [5, 5.41) is 3.62. The first-order valence-electron chi connectivity index (χ1n) is 8.73. The lowest BCUT2D eigenvalue weighted by Gasteiger charge is -2.33. The zero-order valence-electron chi connectivity index (χ0n) is 14.9. The summed E-state index contributed by atoms with van der Waals surface area (Å²) in [5.41, 5.74) is 5.62. The monoisotopic (exact) mass is 411 g/mol. The minimum Gasteiger partial charge on any atom is -0.486 e. The highest BCUT2D eigenvalue weighted by atomic mass is 35.5. The zero-order valence-corrected chi connectivity index (χ0v) is 16.5. The Hall–Kier alpha value is -1.68. The van der Waals surface area contributed by atoms with Crippen LogP contribution in [0.3, 0.4) is 0 Å². The highest BCUT2D eigenvalue weighted by molar-refractivity contribution is 8.03. The lowest BCUT2D eigenvalue weighted by molar-refractivity contribution is -0.0414. The SMILES string of the molecule is COCOC[C@H]1C[C@H]2COc3c(SC4=C(N)NC(Cl)C=N4)ccnc3N2C1. The largest absolute Gasteiger partial charge is 0.486 e. The average Bonchev–Trinajstić information content (AvgIpc) is 3.08. The first-order chi connectivity index (χ1) is 13.2. The normalized spacial score (nSPS) is 26.4. The minimum absolute atomic E-state index is 0.317. The number of anilines is 1. The molecule has 4 heterocycles. The van der Waals surface area contributed by atoms with Crippen molar-refractivity contribution in [2.45, 2.75) is 22.9 Å². The predicted molar refractivity (Wildman–Crippen MR) is 105 cm³/mol. The second kappa shape index (κ2) is 8.14. The summed E-state index contributed by atoms with van der Waals surface area (Å²) in [4.78, 5) is 12.2. The number of aromatic nitrogens is 1. The van der Waals surface area contributed by atoms with Gasteiger partial charge in [-0.2, -0.15) is 0 Å². The number of hydrogen-bond donors (Lipinski definition) is 2. The Bertz CT molecular complexity index is 762. The summed E-state index contributed by atoms with van der Waals surface area (Å²) in [6, 6.07) is 2.24. The first-order valence-corrected chi connectivity index (χ1v) is 9.98. The molecule has 146 valence electrons. The fourth-order valence-electron chi connectivity index (χ4n) is 3.51. The maximum absolute atomic E-state index is 6.09. The van der Waals surface area contributed by atoms with Crippen molar-refractivity contribution in [1.29, 1.82) is 0 Å². The Labute approximate surface area is 167 Å².